The minimum absolute atomic E-state index is 0.0343. The third kappa shape index (κ3) is 5.08. The molecule has 2 aromatic rings. The summed E-state index contributed by atoms with van der Waals surface area (Å²) in [6.07, 6.45) is -1.08. The normalized spacial score (nSPS) is 12.3. The molecular formula is C19H22N2O6S. The van der Waals surface area contributed by atoms with E-state index in [-0.39, 0.29) is 10.5 Å². The average Bonchev–Trinajstić information content (AvgIpc) is 2.68. The Hall–Kier alpha value is -2.91. The number of sulfonamides is 1. The average molecular weight is 406 g/mol. The minimum Gasteiger partial charge on any atom is -0.497 e. The van der Waals surface area contributed by atoms with Gasteiger partial charge in [-0.05, 0) is 49.4 Å². The van der Waals surface area contributed by atoms with Gasteiger partial charge in [-0.1, -0.05) is 6.07 Å². The zero-order valence-corrected chi connectivity index (χ0v) is 16.8. The SMILES string of the molecule is COc1ccc(NC(=O)C(C)OC(=O)c2cccc(S(=O)(=O)N(C)C)c2)cc1. The molecule has 0 fully saturated rings. The number of esters is 1. The predicted octanol–water partition coefficient (Wildman–Crippen LogP) is 2.13. The Labute approximate surface area is 164 Å². The number of hydrogen-bond acceptors (Lipinski definition) is 6. The fourth-order valence-electron chi connectivity index (χ4n) is 2.19. The lowest BCUT2D eigenvalue weighted by Crippen LogP contribution is -2.30. The summed E-state index contributed by atoms with van der Waals surface area (Å²) < 4.78 is 35.6. The fraction of sp³-hybridized carbons (Fsp3) is 0.263. The van der Waals surface area contributed by atoms with Gasteiger partial charge in [0.25, 0.3) is 5.91 Å². The first-order valence-electron chi connectivity index (χ1n) is 8.33. The molecule has 2 rings (SSSR count). The van der Waals surface area contributed by atoms with Crippen LogP contribution in [0.2, 0.25) is 0 Å². The molecule has 1 unspecified atom stereocenters. The van der Waals surface area contributed by atoms with E-state index in [1.165, 1.54) is 52.4 Å². The summed E-state index contributed by atoms with van der Waals surface area (Å²) in [5.41, 5.74) is 0.555. The van der Waals surface area contributed by atoms with Gasteiger partial charge in [-0.2, -0.15) is 0 Å². The zero-order valence-electron chi connectivity index (χ0n) is 16.0. The van der Waals surface area contributed by atoms with Crippen LogP contribution < -0.4 is 10.1 Å². The number of amides is 1. The molecule has 150 valence electrons. The number of nitrogens with zero attached hydrogens (tertiary/aromatic N) is 1. The van der Waals surface area contributed by atoms with E-state index in [2.05, 4.69) is 5.32 Å². The van der Waals surface area contributed by atoms with Gasteiger partial charge in [0.05, 0.1) is 17.6 Å². The molecule has 0 aliphatic rings. The van der Waals surface area contributed by atoms with Gasteiger partial charge in [-0.3, -0.25) is 4.79 Å². The molecule has 0 saturated carbocycles. The highest BCUT2D eigenvalue weighted by molar-refractivity contribution is 7.89. The Balaban J connectivity index is 2.06. The van der Waals surface area contributed by atoms with Crippen molar-refractivity contribution in [3.63, 3.8) is 0 Å². The molecule has 0 spiro atoms. The summed E-state index contributed by atoms with van der Waals surface area (Å²) in [6, 6.07) is 12.1. The van der Waals surface area contributed by atoms with Gasteiger partial charge in [0.1, 0.15) is 5.75 Å². The van der Waals surface area contributed by atoms with Crippen molar-refractivity contribution >= 4 is 27.6 Å². The fourth-order valence-corrected chi connectivity index (χ4v) is 3.14. The lowest BCUT2D eigenvalue weighted by molar-refractivity contribution is -0.123. The van der Waals surface area contributed by atoms with Crippen LogP contribution in [-0.2, 0) is 19.6 Å². The number of rotatable bonds is 7. The van der Waals surface area contributed by atoms with E-state index in [0.29, 0.717) is 11.4 Å². The molecule has 0 aliphatic heterocycles. The van der Waals surface area contributed by atoms with Gasteiger partial charge < -0.3 is 14.8 Å². The second-order valence-corrected chi connectivity index (χ2v) is 8.23. The highest BCUT2D eigenvalue weighted by Gasteiger charge is 2.22. The molecule has 1 N–H and O–H groups in total. The van der Waals surface area contributed by atoms with E-state index in [1.54, 1.807) is 24.3 Å². The Bertz CT molecular complexity index is 955. The molecule has 0 bridgehead atoms. The Kier molecular flexibility index (Phi) is 6.76. The lowest BCUT2D eigenvalue weighted by atomic mass is 10.2. The smallest absolute Gasteiger partial charge is 0.338 e. The number of hydrogen-bond donors (Lipinski definition) is 1. The van der Waals surface area contributed by atoms with Gasteiger partial charge in [-0.15, -0.1) is 0 Å². The summed E-state index contributed by atoms with van der Waals surface area (Å²) in [6.45, 7) is 1.43. The standard InChI is InChI=1S/C19H22N2O6S/c1-13(18(22)20-15-8-10-16(26-4)11-9-15)27-19(23)14-6-5-7-17(12-14)28(24,25)21(2)3/h5-13H,1-4H3,(H,20,22). The molecular weight excluding hydrogens is 384 g/mol. The van der Waals surface area contributed by atoms with Crippen molar-refractivity contribution in [2.24, 2.45) is 0 Å². The monoisotopic (exact) mass is 406 g/mol. The number of nitrogens with one attached hydrogen (secondary N) is 1. The van der Waals surface area contributed by atoms with Crippen LogP contribution in [0.5, 0.6) is 5.75 Å². The Morgan fingerprint density at radius 2 is 1.71 bits per heavy atom. The molecule has 1 amide bonds. The topological polar surface area (TPSA) is 102 Å². The van der Waals surface area contributed by atoms with Crippen LogP contribution in [0, 0.1) is 0 Å². The van der Waals surface area contributed by atoms with Crippen LogP contribution >= 0.6 is 0 Å². The first-order chi connectivity index (χ1) is 13.1. The lowest BCUT2D eigenvalue weighted by Gasteiger charge is -2.15. The van der Waals surface area contributed by atoms with Gasteiger partial charge in [0.15, 0.2) is 6.10 Å². The molecule has 9 heteroatoms. The van der Waals surface area contributed by atoms with Crippen molar-refractivity contribution in [2.75, 3.05) is 26.5 Å². The molecule has 8 nitrogen and oxygen atoms in total. The van der Waals surface area contributed by atoms with Gasteiger partial charge in [-0.25, -0.2) is 17.5 Å². The Morgan fingerprint density at radius 1 is 1.07 bits per heavy atom. The quantitative estimate of drug-likeness (QED) is 0.707. The van der Waals surface area contributed by atoms with Crippen LogP contribution in [0.3, 0.4) is 0 Å². The first kappa shape index (κ1) is 21.4. The highest BCUT2D eigenvalue weighted by Crippen LogP contribution is 2.17. The third-order valence-electron chi connectivity index (χ3n) is 3.86. The van der Waals surface area contributed by atoms with Crippen LogP contribution in [0.1, 0.15) is 17.3 Å². The van der Waals surface area contributed by atoms with Crippen LogP contribution in [0.25, 0.3) is 0 Å². The van der Waals surface area contributed by atoms with E-state index in [9.17, 15) is 18.0 Å². The van der Waals surface area contributed by atoms with Crippen LogP contribution in [0.15, 0.2) is 53.4 Å². The third-order valence-corrected chi connectivity index (χ3v) is 5.67. The van der Waals surface area contributed by atoms with Crippen molar-refractivity contribution in [3.8, 4) is 5.75 Å². The first-order valence-corrected chi connectivity index (χ1v) is 9.77. The maximum Gasteiger partial charge on any atom is 0.338 e. The summed E-state index contributed by atoms with van der Waals surface area (Å²) in [7, 11) is 0.637. The Morgan fingerprint density at radius 3 is 2.29 bits per heavy atom. The number of ether oxygens (including phenoxy) is 2. The van der Waals surface area contributed by atoms with Crippen molar-refractivity contribution < 1.29 is 27.5 Å². The second kappa shape index (κ2) is 8.85. The van der Waals surface area contributed by atoms with E-state index < -0.39 is 28.0 Å². The second-order valence-electron chi connectivity index (χ2n) is 6.08. The van der Waals surface area contributed by atoms with Gasteiger partial charge >= 0.3 is 5.97 Å². The summed E-state index contributed by atoms with van der Waals surface area (Å²) in [5, 5.41) is 2.63. The highest BCUT2D eigenvalue weighted by atomic mass is 32.2. The number of carbonyl (C=O) groups excluding carboxylic acids is 2. The molecule has 1 atom stereocenters. The number of methoxy groups -OCH3 is 1. The molecule has 2 aromatic carbocycles. The summed E-state index contributed by atoms with van der Waals surface area (Å²) in [4.78, 5) is 24.5. The number of anilines is 1. The molecule has 0 radical (unpaired) electrons. The molecule has 0 aliphatic carbocycles. The van der Waals surface area contributed by atoms with Crippen LogP contribution in [0.4, 0.5) is 5.69 Å². The molecule has 28 heavy (non-hydrogen) atoms. The van der Waals surface area contributed by atoms with Crippen molar-refractivity contribution in [2.45, 2.75) is 17.9 Å². The summed E-state index contributed by atoms with van der Waals surface area (Å²) >= 11 is 0. The van der Waals surface area contributed by atoms with Crippen molar-refractivity contribution in [3.05, 3.63) is 54.1 Å². The van der Waals surface area contributed by atoms with Crippen molar-refractivity contribution in [1.82, 2.24) is 4.31 Å². The van der Waals surface area contributed by atoms with Gasteiger partial charge in [0.2, 0.25) is 10.0 Å². The maximum absolute atomic E-state index is 12.3. The van der Waals surface area contributed by atoms with E-state index >= 15 is 0 Å². The molecule has 0 heterocycles. The predicted molar refractivity (Wildman–Crippen MR) is 104 cm³/mol. The zero-order chi connectivity index (χ0) is 20.9. The molecule has 0 saturated heterocycles. The minimum atomic E-state index is -3.69. The van der Waals surface area contributed by atoms with E-state index in [1.807, 2.05) is 0 Å². The number of benzene rings is 2. The van der Waals surface area contributed by atoms with Crippen LogP contribution in [-0.4, -0.2) is 51.9 Å². The van der Waals surface area contributed by atoms with Crippen molar-refractivity contribution in [1.29, 1.82) is 0 Å². The van der Waals surface area contributed by atoms with E-state index in [4.69, 9.17) is 9.47 Å². The summed E-state index contributed by atoms with van der Waals surface area (Å²) in [5.74, 6) is -0.672. The van der Waals surface area contributed by atoms with E-state index in [0.717, 1.165) is 4.31 Å². The molecule has 0 aromatic heterocycles. The largest absolute Gasteiger partial charge is 0.497 e. The maximum atomic E-state index is 12.3. The number of carbonyl (C=O) groups is 2. The van der Waals surface area contributed by atoms with Gasteiger partial charge in [0, 0.05) is 19.8 Å².